The number of methoxy groups -OCH3 is 1. The van der Waals surface area contributed by atoms with Crippen LogP contribution >= 0.6 is 0 Å². The van der Waals surface area contributed by atoms with E-state index in [2.05, 4.69) is 10.7 Å². The molecular formula is C13H14O3. The van der Waals surface area contributed by atoms with Gasteiger partial charge in [0.2, 0.25) is 0 Å². The lowest BCUT2D eigenvalue weighted by Crippen LogP contribution is -2.15. The van der Waals surface area contributed by atoms with E-state index in [-0.39, 0.29) is 11.3 Å². The number of phenols is 1. The van der Waals surface area contributed by atoms with E-state index in [9.17, 15) is 9.90 Å². The molecular weight excluding hydrogens is 204 g/mol. The molecule has 84 valence electrons. The molecule has 0 saturated carbocycles. The molecule has 16 heavy (non-hydrogen) atoms. The third kappa shape index (κ3) is 2.17. The van der Waals surface area contributed by atoms with Crippen LogP contribution in [0.15, 0.2) is 18.2 Å². The van der Waals surface area contributed by atoms with Gasteiger partial charge in [0.25, 0.3) is 0 Å². The maximum atomic E-state index is 11.4. The Balaban J connectivity index is 3.29. The maximum Gasteiger partial charge on any atom is 0.341 e. The van der Waals surface area contributed by atoms with Crippen LogP contribution in [0.5, 0.6) is 5.75 Å². The second-order valence-corrected chi connectivity index (χ2v) is 3.99. The van der Waals surface area contributed by atoms with Crippen LogP contribution in [0.4, 0.5) is 0 Å². The number of terminal acetylenes is 1. The molecule has 0 amide bonds. The van der Waals surface area contributed by atoms with Crippen molar-refractivity contribution in [2.45, 2.75) is 19.3 Å². The lowest BCUT2D eigenvalue weighted by Gasteiger charge is -2.18. The molecule has 0 heterocycles. The van der Waals surface area contributed by atoms with Gasteiger partial charge in [-0.2, -0.15) is 0 Å². The van der Waals surface area contributed by atoms with Gasteiger partial charge in [-0.3, -0.25) is 0 Å². The molecule has 1 N–H and O–H groups in total. The number of esters is 1. The highest BCUT2D eigenvalue weighted by atomic mass is 16.5. The topological polar surface area (TPSA) is 46.5 Å². The molecule has 0 spiro atoms. The zero-order chi connectivity index (χ0) is 12.3. The van der Waals surface area contributed by atoms with Crippen molar-refractivity contribution in [2.75, 3.05) is 7.11 Å². The van der Waals surface area contributed by atoms with Gasteiger partial charge in [0, 0.05) is 0 Å². The predicted octanol–water partition coefficient (Wildman–Crippen LogP) is 2.09. The highest BCUT2D eigenvalue weighted by Gasteiger charge is 2.20. The highest BCUT2D eigenvalue weighted by Crippen LogP contribution is 2.27. The lowest BCUT2D eigenvalue weighted by atomic mass is 9.85. The molecule has 0 atom stereocenters. The summed E-state index contributed by atoms with van der Waals surface area (Å²) >= 11 is 0. The van der Waals surface area contributed by atoms with Crippen LogP contribution in [0.25, 0.3) is 0 Å². The molecule has 0 aliphatic heterocycles. The van der Waals surface area contributed by atoms with E-state index in [1.807, 2.05) is 13.8 Å². The number of ether oxygens (including phenoxy) is 1. The molecule has 0 unspecified atom stereocenters. The van der Waals surface area contributed by atoms with Crippen molar-refractivity contribution in [1.29, 1.82) is 0 Å². The summed E-state index contributed by atoms with van der Waals surface area (Å²) in [6.45, 7) is 3.72. The number of benzene rings is 1. The first kappa shape index (κ1) is 12.1. The summed E-state index contributed by atoms with van der Waals surface area (Å²) < 4.78 is 4.57. The number of hydrogen-bond acceptors (Lipinski definition) is 3. The smallest absolute Gasteiger partial charge is 0.341 e. The Morgan fingerprint density at radius 3 is 2.62 bits per heavy atom. The van der Waals surface area contributed by atoms with Crippen LogP contribution in [-0.4, -0.2) is 18.2 Å². The third-order valence-electron chi connectivity index (χ3n) is 2.48. The minimum atomic E-state index is -0.577. The first-order valence-electron chi connectivity index (χ1n) is 4.82. The molecule has 0 aliphatic rings. The fraction of sp³-hybridized carbons (Fsp3) is 0.308. The molecule has 0 radical (unpaired) electrons. The van der Waals surface area contributed by atoms with Crippen LogP contribution in [0, 0.1) is 12.3 Å². The van der Waals surface area contributed by atoms with Gasteiger partial charge in [-0.1, -0.05) is 12.0 Å². The van der Waals surface area contributed by atoms with E-state index in [0.717, 1.165) is 5.56 Å². The van der Waals surface area contributed by atoms with Gasteiger partial charge in [-0.05, 0) is 31.5 Å². The monoisotopic (exact) mass is 218 g/mol. The van der Waals surface area contributed by atoms with E-state index in [0.29, 0.717) is 0 Å². The number of phenolic OH excluding ortho intramolecular Hbond substituents is 1. The fourth-order valence-electron chi connectivity index (χ4n) is 1.28. The van der Waals surface area contributed by atoms with Gasteiger partial charge >= 0.3 is 5.97 Å². The number of carbonyl (C=O) groups is 1. The largest absolute Gasteiger partial charge is 0.507 e. The SMILES string of the molecule is C#CC(C)(C)c1ccc(O)c(C(=O)OC)c1. The summed E-state index contributed by atoms with van der Waals surface area (Å²) in [5.41, 5.74) is 0.424. The minimum Gasteiger partial charge on any atom is -0.507 e. The van der Waals surface area contributed by atoms with Gasteiger partial charge in [0.1, 0.15) is 11.3 Å². The van der Waals surface area contributed by atoms with Gasteiger partial charge < -0.3 is 9.84 Å². The molecule has 1 aromatic rings. The minimum absolute atomic E-state index is 0.108. The zero-order valence-corrected chi connectivity index (χ0v) is 9.57. The highest BCUT2D eigenvalue weighted by molar-refractivity contribution is 5.92. The van der Waals surface area contributed by atoms with Gasteiger partial charge in [0.05, 0.1) is 12.5 Å². The van der Waals surface area contributed by atoms with E-state index < -0.39 is 11.4 Å². The van der Waals surface area contributed by atoms with E-state index in [1.165, 1.54) is 13.2 Å². The Labute approximate surface area is 95.1 Å². The van der Waals surface area contributed by atoms with Crippen LogP contribution in [0.2, 0.25) is 0 Å². The molecule has 1 rings (SSSR count). The van der Waals surface area contributed by atoms with E-state index >= 15 is 0 Å². The molecule has 0 fully saturated rings. The average Bonchev–Trinajstić information content (AvgIpc) is 2.28. The van der Waals surface area contributed by atoms with Crippen molar-refractivity contribution in [2.24, 2.45) is 0 Å². The Kier molecular flexibility index (Phi) is 3.24. The maximum absolute atomic E-state index is 11.4. The molecule has 3 heteroatoms. The Morgan fingerprint density at radius 1 is 1.50 bits per heavy atom. The summed E-state index contributed by atoms with van der Waals surface area (Å²) in [5, 5.41) is 9.52. The molecule has 0 aliphatic carbocycles. The molecule has 3 nitrogen and oxygen atoms in total. The van der Waals surface area contributed by atoms with E-state index in [4.69, 9.17) is 6.42 Å². The number of aromatic hydroxyl groups is 1. The normalized spacial score (nSPS) is 10.6. The van der Waals surface area contributed by atoms with Crippen LogP contribution < -0.4 is 0 Å². The molecule has 1 aromatic carbocycles. The first-order valence-corrected chi connectivity index (χ1v) is 4.82. The van der Waals surface area contributed by atoms with Crippen molar-refractivity contribution in [1.82, 2.24) is 0 Å². The van der Waals surface area contributed by atoms with Gasteiger partial charge in [-0.15, -0.1) is 6.42 Å². The zero-order valence-electron chi connectivity index (χ0n) is 9.57. The Morgan fingerprint density at radius 2 is 2.12 bits per heavy atom. The molecule has 0 saturated heterocycles. The molecule has 0 bridgehead atoms. The van der Waals surface area contributed by atoms with Gasteiger partial charge in [-0.25, -0.2) is 4.79 Å². The second-order valence-electron chi connectivity index (χ2n) is 3.99. The van der Waals surface area contributed by atoms with Crippen molar-refractivity contribution in [3.8, 4) is 18.1 Å². The average molecular weight is 218 g/mol. The summed E-state index contributed by atoms with van der Waals surface area (Å²) in [4.78, 5) is 11.4. The summed E-state index contributed by atoms with van der Waals surface area (Å²) in [6, 6.07) is 4.70. The summed E-state index contributed by atoms with van der Waals surface area (Å²) in [5.74, 6) is 1.94. The first-order chi connectivity index (χ1) is 7.42. The van der Waals surface area contributed by atoms with Crippen LogP contribution in [0.1, 0.15) is 29.8 Å². The third-order valence-corrected chi connectivity index (χ3v) is 2.48. The Hall–Kier alpha value is -1.95. The van der Waals surface area contributed by atoms with Crippen molar-refractivity contribution < 1.29 is 14.6 Å². The summed E-state index contributed by atoms with van der Waals surface area (Å²) in [6.07, 6.45) is 5.41. The summed E-state index contributed by atoms with van der Waals surface area (Å²) in [7, 11) is 1.26. The fourth-order valence-corrected chi connectivity index (χ4v) is 1.28. The van der Waals surface area contributed by atoms with Crippen LogP contribution in [-0.2, 0) is 10.2 Å². The molecule has 0 aromatic heterocycles. The van der Waals surface area contributed by atoms with Gasteiger partial charge in [0.15, 0.2) is 0 Å². The van der Waals surface area contributed by atoms with Crippen molar-refractivity contribution in [3.05, 3.63) is 29.3 Å². The Bertz CT molecular complexity index is 453. The van der Waals surface area contributed by atoms with E-state index in [1.54, 1.807) is 12.1 Å². The number of carbonyl (C=O) groups excluding carboxylic acids is 1. The number of hydrogen-bond donors (Lipinski definition) is 1. The van der Waals surface area contributed by atoms with Crippen molar-refractivity contribution in [3.63, 3.8) is 0 Å². The second kappa shape index (κ2) is 4.28. The predicted molar refractivity (Wildman–Crippen MR) is 61.3 cm³/mol. The van der Waals surface area contributed by atoms with Crippen LogP contribution in [0.3, 0.4) is 0 Å². The number of rotatable bonds is 2. The quantitative estimate of drug-likeness (QED) is 0.610. The standard InChI is InChI=1S/C13H14O3/c1-5-13(2,3)9-6-7-11(14)10(8-9)12(15)16-4/h1,6-8,14H,2-4H3. The van der Waals surface area contributed by atoms with Crippen molar-refractivity contribution >= 4 is 5.97 Å². The lowest BCUT2D eigenvalue weighted by molar-refractivity contribution is 0.0597.